The Morgan fingerprint density at radius 2 is 1.64 bits per heavy atom. The van der Waals surface area contributed by atoms with Crippen LogP contribution in [0.2, 0.25) is 10.0 Å². The van der Waals surface area contributed by atoms with Crippen molar-refractivity contribution in [2.75, 3.05) is 0 Å². The van der Waals surface area contributed by atoms with Gasteiger partial charge in [0.15, 0.2) is 5.76 Å². The van der Waals surface area contributed by atoms with Crippen LogP contribution >= 0.6 is 23.2 Å². The maximum atomic E-state index is 9.77. The highest BCUT2D eigenvalue weighted by molar-refractivity contribution is 6.35. The fraction of sp³-hybridized carbons (Fsp3) is 0.0526. The zero-order valence-corrected chi connectivity index (χ0v) is 14.3. The summed E-state index contributed by atoms with van der Waals surface area (Å²) in [5.74, 6) is -0.448. The fourth-order valence-electron chi connectivity index (χ4n) is 2.72. The number of rotatable bonds is 2. The van der Waals surface area contributed by atoms with E-state index < -0.39 is 5.92 Å². The largest absolute Gasteiger partial charge is 0.439 e. The number of hydrogen-bond acceptors (Lipinski definition) is 4. The third kappa shape index (κ3) is 3.06. The molecule has 0 fully saturated rings. The Kier molecular flexibility index (Phi) is 4.67. The summed E-state index contributed by atoms with van der Waals surface area (Å²) in [5, 5.41) is 20.1. The van der Waals surface area contributed by atoms with E-state index in [1.807, 2.05) is 24.3 Å². The number of nitrogens with zero attached hydrogens (tertiary/aromatic N) is 2. The lowest BCUT2D eigenvalue weighted by Gasteiger charge is -2.26. The number of nitrogens with two attached hydrogens (primary N) is 1. The summed E-state index contributed by atoms with van der Waals surface area (Å²) in [6.07, 6.45) is 0. The Hall–Kier alpha value is -2.92. The minimum Gasteiger partial charge on any atom is -0.439 e. The normalized spacial score (nSPS) is 16.9. The highest BCUT2D eigenvalue weighted by Gasteiger charge is 2.34. The van der Waals surface area contributed by atoms with Crippen molar-refractivity contribution in [3.05, 3.63) is 86.7 Å². The van der Waals surface area contributed by atoms with Crippen molar-refractivity contribution in [2.24, 2.45) is 5.73 Å². The molecule has 1 unspecified atom stereocenters. The topological polar surface area (TPSA) is 82.8 Å². The Labute approximate surface area is 155 Å². The maximum Gasteiger partial charge on any atom is 0.205 e. The van der Waals surface area contributed by atoms with Crippen molar-refractivity contribution in [1.29, 1.82) is 10.5 Å². The van der Waals surface area contributed by atoms with Gasteiger partial charge in [0.25, 0.3) is 0 Å². The molecule has 0 bridgehead atoms. The molecule has 0 aliphatic carbocycles. The second-order valence-electron chi connectivity index (χ2n) is 5.31. The lowest BCUT2D eigenvalue weighted by molar-refractivity contribution is 0.357. The Bertz CT molecular complexity index is 982. The van der Waals surface area contributed by atoms with Gasteiger partial charge >= 0.3 is 0 Å². The Balaban J connectivity index is 2.27. The summed E-state index contributed by atoms with van der Waals surface area (Å²) >= 11 is 12.3. The molecule has 0 saturated carbocycles. The molecule has 25 heavy (non-hydrogen) atoms. The van der Waals surface area contributed by atoms with Gasteiger partial charge in [-0.05, 0) is 17.7 Å². The standard InChI is InChI=1S/C19H11Cl2N3O/c20-12-6-7-13(16(21)8-12)17-14(9-22)18(11-4-2-1-3-5-11)25-19(24)15(17)10-23/h1-8,17H,24H2. The molecule has 6 heteroatoms. The van der Waals surface area contributed by atoms with E-state index >= 15 is 0 Å². The second-order valence-corrected chi connectivity index (χ2v) is 6.15. The molecule has 0 aromatic heterocycles. The molecule has 2 N–H and O–H groups in total. The molecule has 1 heterocycles. The van der Waals surface area contributed by atoms with Gasteiger partial charge in [0.05, 0.1) is 17.6 Å². The third-order valence-electron chi connectivity index (χ3n) is 3.85. The molecular formula is C19H11Cl2N3O. The monoisotopic (exact) mass is 367 g/mol. The Morgan fingerprint density at radius 3 is 2.24 bits per heavy atom. The minimum atomic E-state index is -0.719. The van der Waals surface area contributed by atoms with Gasteiger partial charge in [0.1, 0.15) is 11.6 Å². The van der Waals surface area contributed by atoms with Gasteiger partial charge in [-0.1, -0.05) is 59.6 Å². The van der Waals surface area contributed by atoms with Gasteiger partial charge < -0.3 is 10.5 Å². The number of benzene rings is 2. The number of allylic oxidation sites excluding steroid dienone is 2. The van der Waals surface area contributed by atoms with Crippen molar-refractivity contribution in [1.82, 2.24) is 0 Å². The minimum absolute atomic E-state index is 0.0450. The lowest BCUT2D eigenvalue weighted by atomic mass is 9.82. The van der Waals surface area contributed by atoms with E-state index in [2.05, 4.69) is 6.07 Å². The molecule has 2 aromatic carbocycles. The van der Waals surface area contributed by atoms with Crippen molar-refractivity contribution in [3.63, 3.8) is 0 Å². The van der Waals surface area contributed by atoms with E-state index in [4.69, 9.17) is 33.7 Å². The van der Waals surface area contributed by atoms with Crippen LogP contribution in [0.1, 0.15) is 17.0 Å². The molecule has 0 spiro atoms. The van der Waals surface area contributed by atoms with E-state index in [9.17, 15) is 10.5 Å². The molecule has 1 atom stereocenters. The van der Waals surface area contributed by atoms with Crippen LogP contribution in [0.25, 0.3) is 5.76 Å². The van der Waals surface area contributed by atoms with E-state index in [1.54, 1.807) is 30.3 Å². The molecular weight excluding hydrogens is 357 g/mol. The maximum absolute atomic E-state index is 9.77. The van der Waals surface area contributed by atoms with E-state index in [1.165, 1.54) is 0 Å². The predicted octanol–water partition coefficient (Wildman–Crippen LogP) is 4.74. The van der Waals surface area contributed by atoms with E-state index in [0.29, 0.717) is 26.9 Å². The number of nitriles is 2. The molecule has 1 aliphatic heterocycles. The Morgan fingerprint density at radius 1 is 0.960 bits per heavy atom. The fourth-order valence-corrected chi connectivity index (χ4v) is 3.24. The second kappa shape index (κ2) is 6.91. The van der Waals surface area contributed by atoms with Gasteiger partial charge in [-0.15, -0.1) is 0 Å². The number of hydrogen-bond donors (Lipinski definition) is 1. The molecule has 2 aromatic rings. The summed E-state index contributed by atoms with van der Waals surface area (Å²) in [7, 11) is 0. The summed E-state index contributed by atoms with van der Waals surface area (Å²) in [6.45, 7) is 0. The average Bonchev–Trinajstić information content (AvgIpc) is 2.62. The van der Waals surface area contributed by atoms with Gasteiger partial charge in [-0.25, -0.2) is 0 Å². The highest BCUT2D eigenvalue weighted by Crippen LogP contribution is 2.44. The summed E-state index contributed by atoms with van der Waals surface area (Å²) in [5.41, 5.74) is 7.63. The third-order valence-corrected chi connectivity index (χ3v) is 4.41. The van der Waals surface area contributed by atoms with Crippen molar-refractivity contribution < 1.29 is 4.74 Å². The first-order chi connectivity index (χ1) is 12.1. The number of ether oxygens (including phenoxy) is 1. The van der Waals surface area contributed by atoms with Crippen LogP contribution in [-0.4, -0.2) is 0 Å². The van der Waals surface area contributed by atoms with Crippen LogP contribution in [0.5, 0.6) is 0 Å². The SMILES string of the molecule is N#CC1=C(N)OC(c2ccccc2)=C(C#N)C1c1ccc(Cl)cc1Cl. The van der Waals surface area contributed by atoms with Gasteiger partial charge in [0, 0.05) is 15.6 Å². The van der Waals surface area contributed by atoms with E-state index in [0.717, 1.165) is 0 Å². The summed E-state index contributed by atoms with van der Waals surface area (Å²) < 4.78 is 5.62. The summed E-state index contributed by atoms with van der Waals surface area (Å²) in [4.78, 5) is 0. The van der Waals surface area contributed by atoms with Crippen LogP contribution < -0.4 is 5.73 Å². The van der Waals surface area contributed by atoms with Gasteiger partial charge in [-0.2, -0.15) is 10.5 Å². The molecule has 0 saturated heterocycles. The first-order valence-corrected chi connectivity index (χ1v) is 8.04. The van der Waals surface area contributed by atoms with Crippen LogP contribution in [-0.2, 0) is 4.74 Å². The van der Waals surface area contributed by atoms with Crippen molar-refractivity contribution in [3.8, 4) is 12.1 Å². The predicted molar refractivity (Wildman–Crippen MR) is 96.1 cm³/mol. The molecule has 0 amide bonds. The molecule has 3 rings (SSSR count). The van der Waals surface area contributed by atoms with Crippen molar-refractivity contribution in [2.45, 2.75) is 5.92 Å². The first-order valence-electron chi connectivity index (χ1n) is 7.29. The zero-order chi connectivity index (χ0) is 18.0. The summed E-state index contributed by atoms with van der Waals surface area (Å²) in [6, 6.07) is 18.2. The lowest BCUT2D eigenvalue weighted by Crippen LogP contribution is -2.20. The highest BCUT2D eigenvalue weighted by atomic mass is 35.5. The van der Waals surface area contributed by atoms with Gasteiger partial charge in [-0.3, -0.25) is 0 Å². The smallest absolute Gasteiger partial charge is 0.205 e. The average molecular weight is 368 g/mol. The molecule has 1 aliphatic rings. The van der Waals surface area contributed by atoms with Crippen LogP contribution in [0.4, 0.5) is 0 Å². The van der Waals surface area contributed by atoms with Crippen LogP contribution in [0.3, 0.4) is 0 Å². The molecule has 0 radical (unpaired) electrons. The van der Waals surface area contributed by atoms with Gasteiger partial charge in [0.2, 0.25) is 5.88 Å². The molecule has 4 nitrogen and oxygen atoms in total. The van der Waals surface area contributed by atoms with Crippen LogP contribution in [0.15, 0.2) is 65.6 Å². The van der Waals surface area contributed by atoms with Crippen LogP contribution in [0, 0.1) is 22.7 Å². The van der Waals surface area contributed by atoms with Crippen molar-refractivity contribution >= 4 is 29.0 Å². The van der Waals surface area contributed by atoms with E-state index in [-0.39, 0.29) is 17.0 Å². The molecule has 122 valence electrons. The number of halogens is 2. The zero-order valence-electron chi connectivity index (χ0n) is 12.8. The quantitative estimate of drug-likeness (QED) is 0.830. The first kappa shape index (κ1) is 16.9.